The fourth-order valence-electron chi connectivity index (χ4n) is 4.91. The number of aromatic nitrogens is 5. The number of H-pyrrole nitrogens is 1. The number of ether oxygens (including phenoxy) is 1. The largest absolute Gasteiger partial charge is 0.445 e. The number of carbonyl (C=O) groups is 1. The number of hydrogen-bond donors (Lipinski definition) is 1. The van der Waals surface area contributed by atoms with E-state index in [4.69, 9.17) is 9.72 Å². The van der Waals surface area contributed by atoms with E-state index in [-0.39, 0.29) is 18.7 Å². The average molecular weight is 517 g/mol. The molecule has 0 bridgehead atoms. The summed E-state index contributed by atoms with van der Waals surface area (Å²) in [7, 11) is 0. The van der Waals surface area contributed by atoms with E-state index in [1.807, 2.05) is 88.4 Å². The summed E-state index contributed by atoms with van der Waals surface area (Å²) in [6, 6.07) is 27.9. The van der Waals surface area contributed by atoms with Crippen molar-refractivity contribution in [1.29, 1.82) is 0 Å². The van der Waals surface area contributed by atoms with Gasteiger partial charge in [-0.3, -0.25) is 4.90 Å². The highest BCUT2D eigenvalue weighted by Crippen LogP contribution is 2.33. The maximum Gasteiger partial charge on any atom is 0.410 e. The molecule has 8 nitrogen and oxygen atoms in total. The van der Waals surface area contributed by atoms with E-state index in [1.165, 1.54) is 0 Å². The van der Waals surface area contributed by atoms with Gasteiger partial charge in [0.25, 0.3) is 0 Å². The number of imidazole rings is 2. The first-order valence-electron chi connectivity index (χ1n) is 13.0. The topological polar surface area (TPSA) is 88.4 Å². The molecule has 194 valence electrons. The highest BCUT2D eigenvalue weighted by atomic mass is 16.6. The minimum Gasteiger partial charge on any atom is -0.445 e. The molecule has 39 heavy (non-hydrogen) atoms. The predicted octanol–water partition coefficient (Wildman–Crippen LogP) is 6.43. The molecule has 1 atom stereocenters. The molecular weight excluding hydrogens is 488 g/mol. The zero-order valence-electron chi connectivity index (χ0n) is 21.4. The molecule has 7 rings (SSSR count). The number of pyridine rings is 2. The molecule has 1 amide bonds. The van der Waals surface area contributed by atoms with E-state index in [2.05, 4.69) is 33.2 Å². The Balaban J connectivity index is 0.000000258. The van der Waals surface area contributed by atoms with Crippen LogP contribution in [-0.2, 0) is 11.3 Å². The van der Waals surface area contributed by atoms with Crippen molar-refractivity contribution in [3.8, 4) is 11.1 Å². The van der Waals surface area contributed by atoms with Crippen molar-refractivity contribution in [2.45, 2.75) is 25.5 Å². The second-order valence-corrected chi connectivity index (χ2v) is 9.35. The van der Waals surface area contributed by atoms with Crippen molar-refractivity contribution in [2.24, 2.45) is 0 Å². The van der Waals surface area contributed by atoms with Gasteiger partial charge < -0.3 is 14.1 Å². The Morgan fingerprint density at radius 2 is 1.77 bits per heavy atom. The Kier molecular flexibility index (Phi) is 6.99. The number of fused-ring (bicyclic) bond motifs is 2. The number of carbonyl (C=O) groups excluding carboxylic acids is 1. The monoisotopic (exact) mass is 516 g/mol. The second-order valence-electron chi connectivity index (χ2n) is 9.35. The first-order chi connectivity index (χ1) is 19.3. The quantitative estimate of drug-likeness (QED) is 0.292. The molecule has 1 saturated heterocycles. The molecule has 0 spiro atoms. The molecular formula is C31H28N6O2. The summed E-state index contributed by atoms with van der Waals surface area (Å²) in [4.78, 5) is 30.4. The lowest BCUT2D eigenvalue weighted by molar-refractivity contribution is 0.0915. The van der Waals surface area contributed by atoms with Crippen LogP contribution >= 0.6 is 0 Å². The van der Waals surface area contributed by atoms with Gasteiger partial charge in [0.2, 0.25) is 0 Å². The van der Waals surface area contributed by atoms with Crippen LogP contribution in [0.4, 0.5) is 4.79 Å². The Morgan fingerprint density at radius 1 is 0.949 bits per heavy atom. The maximum absolute atomic E-state index is 12.8. The predicted molar refractivity (Wildman–Crippen MR) is 150 cm³/mol. The highest BCUT2D eigenvalue weighted by molar-refractivity contribution is 5.77. The maximum atomic E-state index is 12.8. The highest BCUT2D eigenvalue weighted by Gasteiger charge is 2.33. The summed E-state index contributed by atoms with van der Waals surface area (Å²) >= 11 is 0. The Hall–Kier alpha value is -4.98. The van der Waals surface area contributed by atoms with Gasteiger partial charge in [-0.2, -0.15) is 0 Å². The van der Waals surface area contributed by atoms with Crippen molar-refractivity contribution in [2.75, 3.05) is 6.54 Å². The van der Waals surface area contributed by atoms with Crippen LogP contribution in [-0.4, -0.2) is 41.9 Å². The van der Waals surface area contributed by atoms with Crippen LogP contribution in [0.2, 0.25) is 0 Å². The lowest BCUT2D eigenvalue weighted by Gasteiger charge is -2.22. The summed E-state index contributed by atoms with van der Waals surface area (Å²) in [6.45, 7) is 0.976. The van der Waals surface area contributed by atoms with Gasteiger partial charge in [0.15, 0.2) is 5.65 Å². The summed E-state index contributed by atoms with van der Waals surface area (Å²) in [5, 5.41) is 0. The third kappa shape index (κ3) is 5.36. The molecule has 1 aliphatic heterocycles. The number of aromatic amines is 1. The van der Waals surface area contributed by atoms with Crippen LogP contribution in [0, 0.1) is 0 Å². The minimum absolute atomic E-state index is 0.0585. The van der Waals surface area contributed by atoms with E-state index in [0.29, 0.717) is 6.54 Å². The Morgan fingerprint density at radius 3 is 2.59 bits per heavy atom. The first kappa shape index (κ1) is 24.4. The van der Waals surface area contributed by atoms with Crippen LogP contribution in [0.1, 0.15) is 30.1 Å². The van der Waals surface area contributed by atoms with Gasteiger partial charge in [0.1, 0.15) is 12.3 Å². The number of rotatable bonds is 4. The normalized spacial score (nSPS) is 14.8. The molecule has 2 aromatic carbocycles. The first-order valence-corrected chi connectivity index (χ1v) is 13.0. The third-order valence-corrected chi connectivity index (χ3v) is 6.81. The number of amides is 1. The molecule has 8 heteroatoms. The second kappa shape index (κ2) is 11.2. The van der Waals surface area contributed by atoms with Gasteiger partial charge in [0, 0.05) is 30.7 Å². The lowest BCUT2D eigenvalue weighted by Crippen LogP contribution is -2.31. The van der Waals surface area contributed by atoms with Crippen LogP contribution < -0.4 is 0 Å². The van der Waals surface area contributed by atoms with Crippen LogP contribution in [0.3, 0.4) is 0 Å². The van der Waals surface area contributed by atoms with Crippen molar-refractivity contribution in [3.05, 3.63) is 121 Å². The molecule has 1 aliphatic rings. The third-order valence-electron chi connectivity index (χ3n) is 6.81. The molecule has 0 aliphatic carbocycles. The number of nitrogens with one attached hydrogen (secondary N) is 1. The minimum atomic E-state index is -0.276. The van der Waals surface area contributed by atoms with Gasteiger partial charge in [-0.1, -0.05) is 60.7 Å². The van der Waals surface area contributed by atoms with Crippen LogP contribution in [0.25, 0.3) is 27.9 Å². The van der Waals surface area contributed by atoms with E-state index >= 15 is 0 Å². The molecule has 5 heterocycles. The number of hydrogen-bond acceptors (Lipinski definition) is 5. The van der Waals surface area contributed by atoms with Crippen LogP contribution in [0.15, 0.2) is 110 Å². The number of nitrogens with zero attached hydrogens (tertiary/aromatic N) is 5. The summed E-state index contributed by atoms with van der Waals surface area (Å²) in [6.07, 6.45) is 8.97. The van der Waals surface area contributed by atoms with Gasteiger partial charge in [0.05, 0.1) is 23.6 Å². The van der Waals surface area contributed by atoms with Gasteiger partial charge in [-0.05, 0) is 48.2 Å². The van der Waals surface area contributed by atoms with Gasteiger partial charge in [-0.25, -0.2) is 19.7 Å². The fraction of sp³-hybridized carbons (Fsp3) is 0.161. The van der Waals surface area contributed by atoms with Crippen molar-refractivity contribution in [3.63, 3.8) is 0 Å². The Labute approximate surface area is 225 Å². The van der Waals surface area contributed by atoms with Gasteiger partial charge in [-0.15, -0.1) is 0 Å². The van der Waals surface area contributed by atoms with E-state index in [0.717, 1.165) is 52.0 Å². The van der Waals surface area contributed by atoms with E-state index in [1.54, 1.807) is 12.5 Å². The molecule has 1 N–H and O–H groups in total. The smallest absolute Gasteiger partial charge is 0.410 e. The summed E-state index contributed by atoms with van der Waals surface area (Å²) in [5.74, 6) is 0. The van der Waals surface area contributed by atoms with Crippen LogP contribution in [0.5, 0.6) is 0 Å². The fourth-order valence-corrected chi connectivity index (χ4v) is 4.91. The molecule has 0 saturated carbocycles. The van der Waals surface area contributed by atoms with Crippen molar-refractivity contribution >= 4 is 22.9 Å². The zero-order chi connectivity index (χ0) is 26.4. The van der Waals surface area contributed by atoms with E-state index in [9.17, 15) is 4.79 Å². The van der Waals surface area contributed by atoms with Gasteiger partial charge >= 0.3 is 6.09 Å². The standard InChI is InChI=1S/C25H23N3O2.C6H5N3/c29-25(30-18-19-9-3-1-4-10-19)28-16-8-14-23(28)22-17-27-15-7-13-21(24(27)26-22)20-11-5-2-6-12-20;1-2-5-6(7-3-1)9-4-8-5/h1-7,9-13,15,17,23H,8,14,16,18H2;1-4H,(H,7,8,9)/t23-;/m0./s1. The summed E-state index contributed by atoms with van der Waals surface area (Å²) in [5.41, 5.74) is 6.78. The van der Waals surface area contributed by atoms with Crippen molar-refractivity contribution in [1.82, 2.24) is 29.2 Å². The molecule has 0 unspecified atom stereocenters. The molecule has 6 aromatic rings. The van der Waals surface area contributed by atoms with E-state index < -0.39 is 0 Å². The molecule has 0 radical (unpaired) electrons. The number of likely N-dealkylation sites (tertiary alicyclic amines) is 1. The average Bonchev–Trinajstić information content (AvgIpc) is 3.76. The number of benzene rings is 2. The Bertz CT molecular complexity index is 1650. The zero-order valence-corrected chi connectivity index (χ0v) is 21.4. The summed E-state index contributed by atoms with van der Waals surface area (Å²) < 4.78 is 7.63. The lowest BCUT2D eigenvalue weighted by atomic mass is 10.1. The SMILES string of the molecule is O=C(OCc1ccccc1)N1CCC[C@H]1c1cn2cccc(-c3ccccc3)c2n1.c1cnc2nc[nH]c2c1. The molecule has 4 aromatic heterocycles. The molecule has 1 fully saturated rings. The van der Waals surface area contributed by atoms with Crippen molar-refractivity contribution < 1.29 is 9.53 Å².